The third kappa shape index (κ3) is 3.03. The number of hydrogen-bond acceptors (Lipinski definition) is 5. The predicted octanol–water partition coefficient (Wildman–Crippen LogP) is 0.345. The molecule has 2 aromatic heterocycles. The normalized spacial score (nSPS) is 16.1. The molecular formula is C14H18N6O. The van der Waals surface area contributed by atoms with Gasteiger partial charge in [0.05, 0.1) is 17.6 Å². The number of nitrogens with zero attached hydrogens (tertiary/aromatic N) is 4. The van der Waals surface area contributed by atoms with Gasteiger partial charge in [0.1, 0.15) is 5.69 Å². The van der Waals surface area contributed by atoms with E-state index in [1.165, 1.54) is 6.20 Å². The smallest absolute Gasteiger partial charge is 0.274 e. The van der Waals surface area contributed by atoms with Crippen LogP contribution in [0.5, 0.6) is 0 Å². The SMILES string of the molecule is Nc1cn[nH]c1C(=O)N1CCN(Cc2ccccn2)CC1. The number of hydrogen-bond donors (Lipinski definition) is 2. The van der Waals surface area contributed by atoms with Crippen LogP contribution in [0.4, 0.5) is 5.69 Å². The van der Waals surface area contributed by atoms with Crippen LogP contribution in [0.1, 0.15) is 16.2 Å². The summed E-state index contributed by atoms with van der Waals surface area (Å²) in [5.41, 5.74) is 7.55. The van der Waals surface area contributed by atoms with Gasteiger partial charge in [0, 0.05) is 38.9 Å². The minimum atomic E-state index is -0.0810. The van der Waals surface area contributed by atoms with Gasteiger partial charge in [0.25, 0.3) is 5.91 Å². The van der Waals surface area contributed by atoms with Crippen LogP contribution in [0.15, 0.2) is 30.6 Å². The molecule has 0 atom stereocenters. The molecule has 1 aliphatic heterocycles. The summed E-state index contributed by atoms with van der Waals surface area (Å²) in [7, 11) is 0. The highest BCUT2D eigenvalue weighted by atomic mass is 16.2. The molecular weight excluding hydrogens is 268 g/mol. The number of H-pyrrole nitrogens is 1. The molecule has 0 aliphatic carbocycles. The average Bonchev–Trinajstić information content (AvgIpc) is 2.94. The Labute approximate surface area is 122 Å². The molecule has 3 N–H and O–H groups in total. The zero-order valence-corrected chi connectivity index (χ0v) is 11.7. The zero-order chi connectivity index (χ0) is 14.7. The molecule has 7 heteroatoms. The number of aromatic nitrogens is 3. The Bertz CT molecular complexity index is 603. The van der Waals surface area contributed by atoms with E-state index in [2.05, 4.69) is 20.1 Å². The lowest BCUT2D eigenvalue weighted by atomic mass is 10.2. The van der Waals surface area contributed by atoms with Crippen LogP contribution in [0, 0.1) is 0 Å². The number of anilines is 1. The van der Waals surface area contributed by atoms with Crippen molar-refractivity contribution in [2.24, 2.45) is 0 Å². The molecule has 21 heavy (non-hydrogen) atoms. The van der Waals surface area contributed by atoms with Crippen molar-refractivity contribution in [1.29, 1.82) is 0 Å². The largest absolute Gasteiger partial charge is 0.396 e. The average molecular weight is 286 g/mol. The van der Waals surface area contributed by atoms with Crippen LogP contribution >= 0.6 is 0 Å². The van der Waals surface area contributed by atoms with Gasteiger partial charge in [-0.1, -0.05) is 6.07 Å². The second-order valence-electron chi connectivity index (χ2n) is 5.09. The second-order valence-corrected chi connectivity index (χ2v) is 5.09. The van der Waals surface area contributed by atoms with Gasteiger partial charge in [0.2, 0.25) is 0 Å². The molecule has 0 spiro atoms. The number of pyridine rings is 1. The summed E-state index contributed by atoms with van der Waals surface area (Å²) in [5.74, 6) is -0.0810. The zero-order valence-electron chi connectivity index (χ0n) is 11.7. The van der Waals surface area contributed by atoms with Gasteiger partial charge in [0.15, 0.2) is 0 Å². The number of piperazine rings is 1. The van der Waals surface area contributed by atoms with Crippen molar-refractivity contribution in [3.63, 3.8) is 0 Å². The van der Waals surface area contributed by atoms with Gasteiger partial charge in [-0.2, -0.15) is 5.10 Å². The fourth-order valence-corrected chi connectivity index (χ4v) is 2.45. The van der Waals surface area contributed by atoms with Crippen molar-refractivity contribution >= 4 is 11.6 Å². The highest BCUT2D eigenvalue weighted by molar-refractivity contribution is 5.97. The topological polar surface area (TPSA) is 91.1 Å². The molecule has 0 saturated carbocycles. The first kappa shape index (κ1) is 13.6. The van der Waals surface area contributed by atoms with Gasteiger partial charge in [-0.3, -0.25) is 19.8 Å². The standard InChI is InChI=1S/C14H18N6O/c15-12-9-17-18-13(12)14(21)20-7-5-19(6-8-20)10-11-3-1-2-4-16-11/h1-4,9H,5-8,10,15H2,(H,17,18). The van der Waals surface area contributed by atoms with Gasteiger partial charge in [-0.25, -0.2) is 0 Å². The van der Waals surface area contributed by atoms with Crippen LogP contribution in [0.25, 0.3) is 0 Å². The first-order chi connectivity index (χ1) is 10.2. The van der Waals surface area contributed by atoms with E-state index in [0.29, 0.717) is 24.5 Å². The van der Waals surface area contributed by atoms with E-state index < -0.39 is 0 Å². The van der Waals surface area contributed by atoms with Crippen molar-refractivity contribution in [2.45, 2.75) is 6.54 Å². The highest BCUT2D eigenvalue weighted by Gasteiger charge is 2.24. The Morgan fingerprint density at radius 2 is 2.10 bits per heavy atom. The maximum absolute atomic E-state index is 12.3. The Kier molecular flexibility index (Phi) is 3.83. The monoisotopic (exact) mass is 286 g/mol. The molecule has 7 nitrogen and oxygen atoms in total. The molecule has 0 aromatic carbocycles. The summed E-state index contributed by atoms with van der Waals surface area (Å²) in [6, 6.07) is 5.92. The number of nitrogen functional groups attached to an aromatic ring is 1. The Hall–Kier alpha value is -2.41. The first-order valence-electron chi connectivity index (χ1n) is 6.94. The predicted molar refractivity (Wildman–Crippen MR) is 78.4 cm³/mol. The molecule has 110 valence electrons. The van der Waals surface area contributed by atoms with Crippen molar-refractivity contribution in [3.05, 3.63) is 42.0 Å². The molecule has 1 aliphatic rings. The number of rotatable bonds is 3. The maximum atomic E-state index is 12.3. The van der Waals surface area contributed by atoms with Crippen molar-refractivity contribution in [2.75, 3.05) is 31.9 Å². The van der Waals surface area contributed by atoms with E-state index in [1.807, 2.05) is 18.2 Å². The second kappa shape index (κ2) is 5.92. The third-order valence-electron chi connectivity index (χ3n) is 3.65. The van der Waals surface area contributed by atoms with Crippen LogP contribution in [0.2, 0.25) is 0 Å². The van der Waals surface area contributed by atoms with Crippen LogP contribution in [-0.4, -0.2) is 57.1 Å². The van der Waals surface area contributed by atoms with Crippen molar-refractivity contribution < 1.29 is 4.79 Å². The first-order valence-corrected chi connectivity index (χ1v) is 6.94. The van der Waals surface area contributed by atoms with Crippen molar-refractivity contribution in [3.8, 4) is 0 Å². The van der Waals surface area contributed by atoms with E-state index in [4.69, 9.17) is 5.73 Å². The fourth-order valence-electron chi connectivity index (χ4n) is 2.45. The molecule has 0 unspecified atom stereocenters. The number of nitrogens with two attached hydrogens (primary N) is 1. The van der Waals surface area contributed by atoms with E-state index in [1.54, 1.807) is 11.1 Å². The van der Waals surface area contributed by atoms with Crippen LogP contribution in [-0.2, 0) is 6.54 Å². The molecule has 3 heterocycles. The van der Waals surface area contributed by atoms with Gasteiger partial charge in [-0.05, 0) is 12.1 Å². The van der Waals surface area contributed by atoms with Gasteiger partial charge in [-0.15, -0.1) is 0 Å². The fraction of sp³-hybridized carbons (Fsp3) is 0.357. The highest BCUT2D eigenvalue weighted by Crippen LogP contribution is 2.13. The lowest BCUT2D eigenvalue weighted by Crippen LogP contribution is -2.48. The summed E-state index contributed by atoms with van der Waals surface area (Å²) in [4.78, 5) is 20.7. The molecule has 1 amide bonds. The summed E-state index contributed by atoms with van der Waals surface area (Å²) in [6.45, 7) is 3.84. The van der Waals surface area contributed by atoms with E-state index in [9.17, 15) is 4.79 Å². The molecule has 1 saturated heterocycles. The van der Waals surface area contributed by atoms with E-state index in [-0.39, 0.29) is 5.91 Å². The quantitative estimate of drug-likeness (QED) is 0.849. The minimum Gasteiger partial charge on any atom is -0.396 e. The van der Waals surface area contributed by atoms with Crippen LogP contribution < -0.4 is 5.73 Å². The van der Waals surface area contributed by atoms with E-state index in [0.717, 1.165) is 25.3 Å². The lowest BCUT2D eigenvalue weighted by molar-refractivity contribution is 0.0622. The van der Waals surface area contributed by atoms with Crippen LogP contribution in [0.3, 0.4) is 0 Å². The minimum absolute atomic E-state index is 0.0810. The summed E-state index contributed by atoms with van der Waals surface area (Å²) in [5, 5.41) is 6.46. The van der Waals surface area contributed by atoms with Crippen molar-refractivity contribution in [1.82, 2.24) is 25.0 Å². The molecule has 0 bridgehead atoms. The summed E-state index contributed by atoms with van der Waals surface area (Å²) in [6.07, 6.45) is 3.26. The van der Waals surface area contributed by atoms with Gasteiger partial charge < -0.3 is 10.6 Å². The Morgan fingerprint density at radius 1 is 1.29 bits per heavy atom. The van der Waals surface area contributed by atoms with Gasteiger partial charge >= 0.3 is 0 Å². The number of carbonyl (C=O) groups is 1. The number of carbonyl (C=O) groups excluding carboxylic acids is 1. The number of aromatic amines is 1. The lowest BCUT2D eigenvalue weighted by Gasteiger charge is -2.34. The number of amides is 1. The molecule has 3 rings (SSSR count). The maximum Gasteiger partial charge on any atom is 0.274 e. The Balaban J connectivity index is 1.56. The summed E-state index contributed by atoms with van der Waals surface area (Å²) < 4.78 is 0. The molecule has 2 aromatic rings. The molecule has 1 fully saturated rings. The third-order valence-corrected chi connectivity index (χ3v) is 3.65. The Morgan fingerprint density at radius 3 is 2.71 bits per heavy atom. The molecule has 0 radical (unpaired) electrons. The number of nitrogens with one attached hydrogen (secondary N) is 1. The summed E-state index contributed by atoms with van der Waals surface area (Å²) >= 11 is 0. The van der Waals surface area contributed by atoms with E-state index >= 15 is 0 Å².